The number of nitrogens with zero attached hydrogens (tertiary/aromatic N) is 5. The summed E-state index contributed by atoms with van der Waals surface area (Å²) in [5.74, 6) is 0.778. The molecule has 0 bridgehead atoms. The molecule has 0 spiro atoms. The van der Waals surface area contributed by atoms with Gasteiger partial charge in [0.25, 0.3) is 0 Å². The second kappa shape index (κ2) is 8.16. The number of halogens is 1. The first-order valence-electron chi connectivity index (χ1n) is 9.55. The standard InChI is InChI=1S/C20H24ClN7O/c1-22-20(23-6-5-14-10-24-18-4-3-15(21)9-17(14)18)27-7-8-28(19(29)13-27)16-11-25-26(2)12-16/h3-4,9-12,24H,5-8,13H2,1-2H3,(H,22,23). The van der Waals surface area contributed by atoms with E-state index in [4.69, 9.17) is 11.6 Å². The molecule has 3 aromatic rings. The first kappa shape index (κ1) is 19.3. The Morgan fingerprint density at radius 3 is 2.97 bits per heavy atom. The van der Waals surface area contributed by atoms with E-state index in [-0.39, 0.29) is 12.5 Å². The minimum atomic E-state index is 0.0403. The summed E-state index contributed by atoms with van der Waals surface area (Å²) < 4.78 is 1.70. The van der Waals surface area contributed by atoms with Crippen molar-refractivity contribution >= 4 is 40.1 Å². The highest BCUT2D eigenvalue weighted by atomic mass is 35.5. The first-order chi connectivity index (χ1) is 14.0. The summed E-state index contributed by atoms with van der Waals surface area (Å²) in [6, 6.07) is 5.85. The molecule has 3 heterocycles. The van der Waals surface area contributed by atoms with Gasteiger partial charge < -0.3 is 20.1 Å². The molecule has 2 aromatic heterocycles. The fraction of sp³-hybridized carbons (Fsp3) is 0.350. The SMILES string of the molecule is CN=C(NCCc1c[nH]c2ccc(Cl)cc12)N1CCN(c2cnn(C)c2)C(=O)C1. The summed E-state index contributed by atoms with van der Waals surface area (Å²) in [6.07, 6.45) is 6.41. The zero-order chi connectivity index (χ0) is 20.4. The minimum Gasteiger partial charge on any atom is -0.361 e. The van der Waals surface area contributed by atoms with E-state index in [2.05, 4.69) is 20.4 Å². The largest absolute Gasteiger partial charge is 0.361 e. The van der Waals surface area contributed by atoms with Crippen molar-refractivity contribution in [3.05, 3.63) is 47.4 Å². The van der Waals surface area contributed by atoms with Gasteiger partial charge in [-0.05, 0) is 30.2 Å². The van der Waals surface area contributed by atoms with Gasteiger partial charge in [0.05, 0.1) is 11.9 Å². The number of hydrogen-bond acceptors (Lipinski definition) is 3. The molecule has 0 radical (unpaired) electrons. The Bertz CT molecular complexity index is 1050. The predicted octanol–water partition coefficient (Wildman–Crippen LogP) is 2.02. The highest BCUT2D eigenvalue weighted by Crippen LogP contribution is 2.22. The lowest BCUT2D eigenvalue weighted by atomic mass is 10.1. The van der Waals surface area contributed by atoms with Gasteiger partial charge >= 0.3 is 0 Å². The molecule has 152 valence electrons. The van der Waals surface area contributed by atoms with Crippen LogP contribution in [0.1, 0.15) is 5.56 Å². The molecule has 1 aliphatic rings. The molecule has 1 aromatic carbocycles. The van der Waals surface area contributed by atoms with E-state index in [0.29, 0.717) is 19.6 Å². The molecule has 0 aliphatic carbocycles. The zero-order valence-electron chi connectivity index (χ0n) is 16.5. The summed E-state index contributed by atoms with van der Waals surface area (Å²) in [4.78, 5) is 24.0. The summed E-state index contributed by atoms with van der Waals surface area (Å²) in [6.45, 7) is 2.32. The molecule has 0 atom stereocenters. The number of rotatable bonds is 4. The van der Waals surface area contributed by atoms with Crippen molar-refractivity contribution in [2.24, 2.45) is 12.0 Å². The van der Waals surface area contributed by atoms with Crippen LogP contribution < -0.4 is 10.2 Å². The first-order valence-corrected chi connectivity index (χ1v) is 9.93. The molecule has 2 N–H and O–H groups in total. The second-order valence-corrected chi connectivity index (χ2v) is 7.50. The van der Waals surface area contributed by atoms with Gasteiger partial charge in [-0.3, -0.25) is 14.5 Å². The van der Waals surface area contributed by atoms with Crippen LogP contribution in [-0.4, -0.2) is 64.8 Å². The number of aromatic nitrogens is 3. The molecule has 0 saturated carbocycles. The number of carbonyl (C=O) groups is 1. The van der Waals surface area contributed by atoms with E-state index < -0.39 is 0 Å². The van der Waals surface area contributed by atoms with E-state index in [1.165, 1.54) is 5.56 Å². The molecular formula is C20H24ClN7O. The van der Waals surface area contributed by atoms with Crippen molar-refractivity contribution in [1.29, 1.82) is 0 Å². The number of aliphatic imine (C=N–C) groups is 1. The number of nitrogens with one attached hydrogen (secondary N) is 2. The van der Waals surface area contributed by atoms with E-state index in [0.717, 1.165) is 34.0 Å². The second-order valence-electron chi connectivity index (χ2n) is 7.07. The molecule has 1 saturated heterocycles. The summed E-state index contributed by atoms with van der Waals surface area (Å²) in [5.41, 5.74) is 3.10. The molecule has 9 heteroatoms. The van der Waals surface area contributed by atoms with Crippen molar-refractivity contribution in [2.45, 2.75) is 6.42 Å². The lowest BCUT2D eigenvalue weighted by Gasteiger charge is -2.35. The summed E-state index contributed by atoms with van der Waals surface area (Å²) in [7, 11) is 3.59. The average Bonchev–Trinajstić information content (AvgIpc) is 3.31. The number of amides is 1. The maximum Gasteiger partial charge on any atom is 0.246 e. The maximum absolute atomic E-state index is 12.6. The molecule has 1 aliphatic heterocycles. The average molecular weight is 414 g/mol. The molecule has 8 nitrogen and oxygen atoms in total. The Kier molecular flexibility index (Phi) is 5.44. The minimum absolute atomic E-state index is 0.0403. The van der Waals surface area contributed by atoms with Crippen LogP contribution in [0.2, 0.25) is 5.02 Å². The van der Waals surface area contributed by atoms with Gasteiger partial charge in [0.1, 0.15) is 6.54 Å². The Morgan fingerprint density at radius 1 is 1.38 bits per heavy atom. The van der Waals surface area contributed by atoms with Crippen LogP contribution in [0, 0.1) is 0 Å². The number of aryl methyl sites for hydroxylation is 1. The highest BCUT2D eigenvalue weighted by molar-refractivity contribution is 6.31. The van der Waals surface area contributed by atoms with Crippen molar-refractivity contribution in [1.82, 2.24) is 25.0 Å². The molecule has 4 rings (SSSR count). The number of fused-ring (bicyclic) bond motifs is 1. The third kappa shape index (κ3) is 4.07. The number of aromatic amines is 1. The Morgan fingerprint density at radius 2 is 2.24 bits per heavy atom. The number of H-pyrrole nitrogens is 1. The van der Waals surface area contributed by atoms with Crippen LogP contribution >= 0.6 is 11.6 Å². The number of guanidine groups is 1. The van der Waals surface area contributed by atoms with E-state index >= 15 is 0 Å². The fourth-order valence-electron chi connectivity index (χ4n) is 3.67. The zero-order valence-corrected chi connectivity index (χ0v) is 17.3. The number of anilines is 1. The molecular weight excluding hydrogens is 390 g/mol. The lowest BCUT2D eigenvalue weighted by Crippen LogP contribution is -2.55. The molecule has 29 heavy (non-hydrogen) atoms. The van der Waals surface area contributed by atoms with Gasteiger partial charge in [0.2, 0.25) is 5.91 Å². The van der Waals surface area contributed by atoms with Crippen LogP contribution in [0.5, 0.6) is 0 Å². The van der Waals surface area contributed by atoms with Crippen molar-refractivity contribution in [2.75, 3.05) is 38.1 Å². The number of hydrogen-bond donors (Lipinski definition) is 2. The molecule has 0 unspecified atom stereocenters. The highest BCUT2D eigenvalue weighted by Gasteiger charge is 2.27. The van der Waals surface area contributed by atoms with Crippen LogP contribution in [0.3, 0.4) is 0 Å². The quantitative estimate of drug-likeness (QED) is 0.506. The van der Waals surface area contributed by atoms with Gasteiger partial charge in [0.15, 0.2) is 5.96 Å². The van der Waals surface area contributed by atoms with E-state index in [9.17, 15) is 4.79 Å². The fourth-order valence-corrected chi connectivity index (χ4v) is 3.85. The molecule has 1 fully saturated rings. The summed E-state index contributed by atoms with van der Waals surface area (Å²) >= 11 is 6.13. The van der Waals surface area contributed by atoms with E-state index in [1.807, 2.05) is 42.5 Å². The maximum atomic E-state index is 12.6. The monoisotopic (exact) mass is 413 g/mol. The van der Waals surface area contributed by atoms with E-state index in [1.54, 1.807) is 22.8 Å². The van der Waals surface area contributed by atoms with Gasteiger partial charge in [-0.15, -0.1) is 0 Å². The van der Waals surface area contributed by atoms with Crippen LogP contribution in [0.4, 0.5) is 5.69 Å². The normalized spacial score (nSPS) is 15.4. The topological polar surface area (TPSA) is 81.6 Å². The van der Waals surface area contributed by atoms with Gasteiger partial charge in [-0.25, -0.2) is 0 Å². The Balaban J connectivity index is 1.35. The van der Waals surface area contributed by atoms with Crippen LogP contribution in [0.15, 0.2) is 41.8 Å². The van der Waals surface area contributed by atoms with Crippen LogP contribution in [0.25, 0.3) is 10.9 Å². The van der Waals surface area contributed by atoms with Crippen molar-refractivity contribution in [3.63, 3.8) is 0 Å². The number of benzene rings is 1. The number of piperazine rings is 1. The third-order valence-corrected chi connectivity index (χ3v) is 5.38. The smallest absolute Gasteiger partial charge is 0.246 e. The summed E-state index contributed by atoms with van der Waals surface area (Å²) in [5, 5.41) is 9.39. The van der Waals surface area contributed by atoms with Crippen molar-refractivity contribution in [3.8, 4) is 0 Å². The Hall–Kier alpha value is -3.00. The van der Waals surface area contributed by atoms with Gasteiger partial charge in [-0.2, -0.15) is 5.10 Å². The van der Waals surface area contributed by atoms with Crippen molar-refractivity contribution < 1.29 is 4.79 Å². The lowest BCUT2D eigenvalue weighted by molar-refractivity contribution is -0.120. The Labute approximate surface area is 174 Å². The van der Waals surface area contributed by atoms with Crippen LogP contribution in [-0.2, 0) is 18.3 Å². The number of carbonyl (C=O) groups excluding carboxylic acids is 1. The molecule has 1 amide bonds. The predicted molar refractivity (Wildman–Crippen MR) is 116 cm³/mol. The van der Waals surface area contributed by atoms with Gasteiger partial charge in [-0.1, -0.05) is 11.6 Å². The van der Waals surface area contributed by atoms with Gasteiger partial charge in [0, 0.05) is 62.0 Å². The third-order valence-electron chi connectivity index (χ3n) is 5.14.